The van der Waals surface area contributed by atoms with Gasteiger partial charge in [-0.05, 0) is 55.6 Å². The van der Waals surface area contributed by atoms with Gasteiger partial charge >= 0.3 is 0 Å². The van der Waals surface area contributed by atoms with Gasteiger partial charge in [-0.25, -0.2) is 0 Å². The molecular formula is C21H29N3O3. The molecule has 27 heavy (non-hydrogen) atoms. The molecule has 3 saturated heterocycles. The minimum Gasteiger partial charge on any atom is -0.368 e. The zero-order chi connectivity index (χ0) is 18.7. The third kappa shape index (κ3) is 4.15. The highest BCUT2D eigenvalue weighted by Gasteiger charge is 2.42. The van der Waals surface area contributed by atoms with Gasteiger partial charge in [0.05, 0.1) is 0 Å². The third-order valence-electron chi connectivity index (χ3n) is 6.44. The predicted molar refractivity (Wildman–Crippen MR) is 101 cm³/mol. The maximum atomic E-state index is 12.7. The van der Waals surface area contributed by atoms with E-state index in [9.17, 15) is 9.59 Å². The molecule has 0 saturated carbocycles. The smallest absolute Gasteiger partial charge is 0.251 e. The fourth-order valence-electron chi connectivity index (χ4n) is 4.71. The summed E-state index contributed by atoms with van der Waals surface area (Å²) in [6, 6.07) is 3.93. The van der Waals surface area contributed by atoms with E-state index in [0.29, 0.717) is 19.6 Å². The number of pyridine rings is 1. The van der Waals surface area contributed by atoms with Crippen molar-refractivity contribution in [3.8, 4) is 0 Å². The van der Waals surface area contributed by atoms with Crippen LogP contribution in [0.3, 0.4) is 0 Å². The van der Waals surface area contributed by atoms with Crippen molar-refractivity contribution in [1.29, 1.82) is 0 Å². The number of nitrogens with zero attached hydrogens (tertiary/aromatic N) is 3. The van der Waals surface area contributed by atoms with Gasteiger partial charge in [0.25, 0.3) is 5.91 Å². The summed E-state index contributed by atoms with van der Waals surface area (Å²) < 4.78 is 5.68. The summed E-state index contributed by atoms with van der Waals surface area (Å²) in [5.74, 6) is 0.405. The first-order chi connectivity index (χ1) is 13.2. The average molecular weight is 371 g/mol. The molecule has 4 heterocycles. The van der Waals surface area contributed by atoms with Gasteiger partial charge in [0.1, 0.15) is 6.10 Å². The lowest BCUT2D eigenvalue weighted by Crippen LogP contribution is -2.53. The summed E-state index contributed by atoms with van der Waals surface area (Å²) in [4.78, 5) is 33.3. The maximum Gasteiger partial charge on any atom is 0.251 e. The standard InChI is InChI=1S/C21H29N3O3/c25-19-6-7-21(16-24(19)15-17-4-3-10-22-14-17)8-11-23(12-9-21)20(26)18-5-1-2-13-27-18/h3-4,10,14,18H,1-2,5-9,11-13,15-16H2. The number of hydrogen-bond acceptors (Lipinski definition) is 4. The van der Waals surface area contributed by atoms with Gasteiger partial charge in [0.2, 0.25) is 5.91 Å². The lowest BCUT2D eigenvalue weighted by Gasteiger charge is -2.48. The van der Waals surface area contributed by atoms with Crippen molar-refractivity contribution in [1.82, 2.24) is 14.8 Å². The second-order valence-electron chi connectivity index (χ2n) is 8.29. The van der Waals surface area contributed by atoms with Crippen molar-refractivity contribution in [2.24, 2.45) is 5.41 Å². The van der Waals surface area contributed by atoms with Crippen LogP contribution in [0.4, 0.5) is 0 Å². The molecule has 6 nitrogen and oxygen atoms in total. The van der Waals surface area contributed by atoms with E-state index in [0.717, 1.165) is 63.7 Å². The Kier molecular flexibility index (Phi) is 5.43. The lowest BCUT2D eigenvalue weighted by atomic mass is 9.72. The Morgan fingerprint density at radius 1 is 1.26 bits per heavy atom. The summed E-state index contributed by atoms with van der Waals surface area (Å²) in [5, 5.41) is 0. The van der Waals surface area contributed by atoms with Crippen molar-refractivity contribution in [3.63, 3.8) is 0 Å². The molecule has 1 aromatic rings. The molecule has 0 aromatic carbocycles. The predicted octanol–water partition coefficient (Wildman–Crippen LogP) is 2.38. The molecule has 0 radical (unpaired) electrons. The summed E-state index contributed by atoms with van der Waals surface area (Å²) in [6.07, 6.45) is 9.86. The topological polar surface area (TPSA) is 62.7 Å². The molecule has 0 bridgehead atoms. The van der Waals surface area contributed by atoms with E-state index in [1.54, 1.807) is 6.20 Å². The van der Waals surface area contributed by atoms with Crippen molar-refractivity contribution in [3.05, 3.63) is 30.1 Å². The Hall–Kier alpha value is -1.95. The largest absolute Gasteiger partial charge is 0.368 e. The zero-order valence-electron chi connectivity index (χ0n) is 15.9. The summed E-state index contributed by atoms with van der Waals surface area (Å²) in [6.45, 7) is 3.70. The molecule has 6 heteroatoms. The van der Waals surface area contributed by atoms with Crippen LogP contribution >= 0.6 is 0 Å². The van der Waals surface area contributed by atoms with Gasteiger partial charge in [0.15, 0.2) is 0 Å². The molecule has 3 aliphatic heterocycles. The highest BCUT2D eigenvalue weighted by Crippen LogP contribution is 2.40. The second-order valence-corrected chi connectivity index (χ2v) is 8.29. The molecule has 1 unspecified atom stereocenters. The van der Waals surface area contributed by atoms with Gasteiger partial charge in [-0.2, -0.15) is 0 Å². The number of aromatic nitrogens is 1. The minimum absolute atomic E-state index is 0.153. The van der Waals surface area contributed by atoms with Gasteiger partial charge in [0, 0.05) is 51.6 Å². The van der Waals surface area contributed by atoms with E-state index >= 15 is 0 Å². The number of piperidine rings is 2. The molecule has 2 amide bonds. The fourth-order valence-corrected chi connectivity index (χ4v) is 4.71. The summed E-state index contributed by atoms with van der Waals surface area (Å²) in [5.41, 5.74) is 1.23. The van der Waals surface area contributed by atoms with Gasteiger partial charge in [-0.15, -0.1) is 0 Å². The summed E-state index contributed by atoms with van der Waals surface area (Å²) in [7, 11) is 0. The van der Waals surface area contributed by atoms with E-state index < -0.39 is 0 Å². The number of rotatable bonds is 3. The van der Waals surface area contributed by atoms with Crippen molar-refractivity contribution in [2.75, 3.05) is 26.2 Å². The molecule has 0 N–H and O–H groups in total. The Morgan fingerprint density at radius 3 is 2.81 bits per heavy atom. The lowest BCUT2D eigenvalue weighted by molar-refractivity contribution is -0.151. The Bertz CT molecular complexity index is 665. The minimum atomic E-state index is -0.234. The Morgan fingerprint density at radius 2 is 2.11 bits per heavy atom. The Labute approximate surface area is 160 Å². The van der Waals surface area contributed by atoms with Crippen LogP contribution in [0.2, 0.25) is 0 Å². The van der Waals surface area contributed by atoms with Crippen LogP contribution in [0.25, 0.3) is 0 Å². The van der Waals surface area contributed by atoms with Crippen LogP contribution in [-0.2, 0) is 20.9 Å². The Balaban J connectivity index is 1.35. The molecule has 1 spiro atoms. The van der Waals surface area contributed by atoms with Crippen molar-refractivity contribution in [2.45, 2.75) is 57.6 Å². The maximum absolute atomic E-state index is 12.7. The van der Waals surface area contributed by atoms with E-state index in [2.05, 4.69) is 4.98 Å². The number of ether oxygens (including phenoxy) is 1. The van der Waals surface area contributed by atoms with E-state index in [1.807, 2.05) is 28.1 Å². The molecule has 1 aromatic heterocycles. The average Bonchev–Trinajstić information content (AvgIpc) is 2.72. The van der Waals surface area contributed by atoms with Crippen LogP contribution in [0.5, 0.6) is 0 Å². The molecular weight excluding hydrogens is 342 g/mol. The van der Waals surface area contributed by atoms with Crippen molar-refractivity contribution >= 4 is 11.8 Å². The molecule has 1 atom stereocenters. The molecule has 3 fully saturated rings. The fraction of sp³-hybridized carbons (Fsp3) is 0.667. The van der Waals surface area contributed by atoms with Gasteiger partial charge in [-0.1, -0.05) is 6.07 Å². The molecule has 146 valence electrons. The number of carbonyl (C=O) groups excluding carboxylic acids is 2. The monoisotopic (exact) mass is 371 g/mol. The molecule has 3 aliphatic rings. The van der Waals surface area contributed by atoms with Crippen LogP contribution in [0, 0.1) is 5.41 Å². The quantitative estimate of drug-likeness (QED) is 0.818. The van der Waals surface area contributed by atoms with E-state index in [4.69, 9.17) is 4.74 Å². The van der Waals surface area contributed by atoms with Crippen LogP contribution in [0.1, 0.15) is 50.5 Å². The number of carbonyl (C=O) groups is 2. The third-order valence-corrected chi connectivity index (χ3v) is 6.44. The molecule has 0 aliphatic carbocycles. The first-order valence-electron chi connectivity index (χ1n) is 10.2. The van der Waals surface area contributed by atoms with Crippen LogP contribution < -0.4 is 0 Å². The first-order valence-corrected chi connectivity index (χ1v) is 10.2. The highest BCUT2D eigenvalue weighted by molar-refractivity contribution is 5.81. The van der Waals surface area contributed by atoms with Crippen molar-refractivity contribution < 1.29 is 14.3 Å². The van der Waals surface area contributed by atoms with Gasteiger partial charge in [-0.3, -0.25) is 14.6 Å². The number of hydrogen-bond donors (Lipinski definition) is 0. The number of likely N-dealkylation sites (tertiary alicyclic amines) is 2. The van der Waals surface area contributed by atoms with Gasteiger partial charge < -0.3 is 14.5 Å². The van der Waals surface area contributed by atoms with E-state index in [1.165, 1.54) is 0 Å². The number of amides is 2. The zero-order valence-corrected chi connectivity index (χ0v) is 15.9. The second kappa shape index (κ2) is 7.97. The highest BCUT2D eigenvalue weighted by atomic mass is 16.5. The normalized spacial score (nSPS) is 25.6. The van der Waals surface area contributed by atoms with Crippen LogP contribution in [0.15, 0.2) is 24.5 Å². The first kappa shape index (κ1) is 18.4. The molecule has 4 rings (SSSR count). The van der Waals surface area contributed by atoms with Crippen LogP contribution in [-0.4, -0.2) is 58.9 Å². The summed E-state index contributed by atoms with van der Waals surface area (Å²) >= 11 is 0. The van der Waals surface area contributed by atoms with E-state index in [-0.39, 0.29) is 23.3 Å². The SMILES string of the molecule is O=C1CCC2(CCN(C(=O)C3CCCCO3)CC2)CN1Cc1cccnc1.